The lowest BCUT2D eigenvalue weighted by molar-refractivity contribution is 0.117. The maximum Gasteiger partial charge on any atom is 0.216 e. The van der Waals surface area contributed by atoms with Crippen LogP contribution in [0.25, 0.3) is 11.1 Å². The Labute approximate surface area is 171 Å². The number of rotatable bonds is 5. The summed E-state index contributed by atoms with van der Waals surface area (Å²) in [5.41, 5.74) is 1.35. The molecule has 0 atom stereocenters. The van der Waals surface area contributed by atoms with Crippen LogP contribution < -0.4 is 9.47 Å². The second kappa shape index (κ2) is 7.95. The van der Waals surface area contributed by atoms with Gasteiger partial charge in [0.15, 0.2) is 17.5 Å². The Morgan fingerprint density at radius 2 is 1.83 bits per heavy atom. The Kier molecular flexibility index (Phi) is 5.53. The highest BCUT2D eigenvalue weighted by atomic mass is 32.2. The summed E-state index contributed by atoms with van der Waals surface area (Å²) in [5.74, 6) is 0.246. The van der Waals surface area contributed by atoms with E-state index in [1.165, 1.54) is 12.1 Å². The molecule has 4 rings (SSSR count). The molecule has 0 N–H and O–H groups in total. The highest BCUT2D eigenvalue weighted by molar-refractivity contribution is 7.91. The summed E-state index contributed by atoms with van der Waals surface area (Å²) in [6.07, 6.45) is 2.13. The van der Waals surface area contributed by atoms with Gasteiger partial charge in [-0.3, -0.25) is 0 Å². The molecule has 0 unspecified atom stereocenters. The summed E-state index contributed by atoms with van der Waals surface area (Å²) in [6.45, 7) is 7.05. The third kappa shape index (κ3) is 4.26. The molecule has 1 saturated heterocycles. The van der Waals surface area contributed by atoms with Gasteiger partial charge in [0.05, 0.1) is 6.61 Å². The molecule has 2 heterocycles. The molecule has 156 valence electrons. The van der Waals surface area contributed by atoms with Crippen molar-refractivity contribution in [3.05, 3.63) is 42.2 Å². The van der Waals surface area contributed by atoms with Crippen LogP contribution in [-0.2, 0) is 9.84 Å². The normalized spacial score (nSPS) is 19.2. The van der Waals surface area contributed by atoms with E-state index >= 15 is 0 Å². The summed E-state index contributed by atoms with van der Waals surface area (Å²) in [5, 5.41) is 0. The van der Waals surface area contributed by atoms with E-state index in [2.05, 4.69) is 18.7 Å². The number of piperidine rings is 1. The Bertz CT molecular complexity index is 998. The monoisotopic (exact) mass is 419 g/mol. The zero-order valence-corrected chi connectivity index (χ0v) is 17.5. The molecule has 29 heavy (non-hydrogen) atoms. The Hall–Kier alpha value is -2.12. The molecule has 0 aromatic heterocycles. The number of benzene rings is 2. The van der Waals surface area contributed by atoms with E-state index in [0.29, 0.717) is 35.4 Å². The molecule has 1 fully saturated rings. The maximum atomic E-state index is 14.6. The van der Waals surface area contributed by atoms with Crippen molar-refractivity contribution in [2.45, 2.75) is 37.6 Å². The molecular formula is C22H26FNO4S. The van der Waals surface area contributed by atoms with Crippen LogP contribution in [0, 0.1) is 11.7 Å². The standard InChI is InChI=1S/C22H26FNO4S/c1-15(2)24-9-7-16(8-10-24)13-27-20-5-3-17(11-19(20)23)18-4-6-22-21(12-18)28-14-29(22,25)26/h3-6,11-12,15-16H,7-10,13-14H2,1-2H3. The number of hydrogen-bond donors (Lipinski definition) is 0. The first-order valence-corrected chi connectivity index (χ1v) is 11.6. The van der Waals surface area contributed by atoms with Crippen LogP contribution in [0.5, 0.6) is 11.5 Å². The lowest BCUT2D eigenvalue weighted by atomic mass is 9.97. The molecule has 2 aliphatic heterocycles. The Morgan fingerprint density at radius 3 is 2.52 bits per heavy atom. The Balaban J connectivity index is 1.41. The number of hydrogen-bond acceptors (Lipinski definition) is 5. The lowest BCUT2D eigenvalue weighted by Crippen LogP contribution is -2.39. The molecule has 0 aliphatic carbocycles. The predicted octanol–water partition coefficient (Wildman–Crippen LogP) is 4.12. The molecule has 7 heteroatoms. The van der Waals surface area contributed by atoms with Gasteiger partial charge in [-0.05, 0) is 81.1 Å². The van der Waals surface area contributed by atoms with Gasteiger partial charge in [-0.25, -0.2) is 12.8 Å². The Morgan fingerprint density at radius 1 is 1.14 bits per heavy atom. The van der Waals surface area contributed by atoms with Gasteiger partial charge in [-0.2, -0.15) is 0 Å². The number of fused-ring (bicyclic) bond motifs is 1. The minimum Gasteiger partial charge on any atom is -0.490 e. The first-order chi connectivity index (χ1) is 13.8. The SMILES string of the molecule is CC(C)N1CCC(COc2ccc(-c3ccc4c(c3)OCS4(=O)=O)cc2F)CC1. The van der Waals surface area contributed by atoms with Gasteiger partial charge in [0, 0.05) is 6.04 Å². The highest BCUT2D eigenvalue weighted by Gasteiger charge is 2.28. The molecule has 0 amide bonds. The van der Waals surface area contributed by atoms with Crippen molar-refractivity contribution < 1.29 is 22.3 Å². The van der Waals surface area contributed by atoms with E-state index in [-0.39, 0.29) is 16.6 Å². The van der Waals surface area contributed by atoms with Crippen LogP contribution in [0.2, 0.25) is 0 Å². The van der Waals surface area contributed by atoms with Crippen molar-refractivity contribution in [1.82, 2.24) is 4.90 Å². The maximum absolute atomic E-state index is 14.6. The number of halogens is 1. The average molecular weight is 420 g/mol. The minimum atomic E-state index is -3.37. The van der Waals surface area contributed by atoms with Gasteiger partial charge in [0.1, 0.15) is 10.6 Å². The smallest absolute Gasteiger partial charge is 0.216 e. The predicted molar refractivity (Wildman–Crippen MR) is 109 cm³/mol. The van der Waals surface area contributed by atoms with Crippen molar-refractivity contribution in [2.75, 3.05) is 25.6 Å². The van der Waals surface area contributed by atoms with Gasteiger partial charge < -0.3 is 14.4 Å². The largest absolute Gasteiger partial charge is 0.490 e. The van der Waals surface area contributed by atoms with E-state index in [1.807, 2.05) is 0 Å². The summed E-state index contributed by atoms with van der Waals surface area (Å²) < 4.78 is 49.3. The summed E-state index contributed by atoms with van der Waals surface area (Å²) in [6, 6.07) is 10.2. The fourth-order valence-corrected chi connectivity index (χ4v) is 5.01. The molecule has 2 aromatic carbocycles. The van der Waals surface area contributed by atoms with Gasteiger partial charge in [-0.15, -0.1) is 0 Å². The molecule has 2 aliphatic rings. The van der Waals surface area contributed by atoms with Crippen molar-refractivity contribution in [3.63, 3.8) is 0 Å². The van der Waals surface area contributed by atoms with Gasteiger partial charge >= 0.3 is 0 Å². The van der Waals surface area contributed by atoms with Crippen LogP contribution in [0.1, 0.15) is 26.7 Å². The van der Waals surface area contributed by atoms with Crippen molar-refractivity contribution in [3.8, 4) is 22.6 Å². The fourth-order valence-electron chi connectivity index (χ4n) is 3.90. The van der Waals surface area contributed by atoms with Crippen molar-refractivity contribution >= 4 is 9.84 Å². The molecule has 0 spiro atoms. The molecule has 0 bridgehead atoms. The first-order valence-electron chi connectivity index (χ1n) is 10.00. The molecule has 5 nitrogen and oxygen atoms in total. The first kappa shape index (κ1) is 20.2. The van der Waals surface area contributed by atoms with E-state index in [4.69, 9.17) is 9.47 Å². The van der Waals surface area contributed by atoms with Crippen molar-refractivity contribution in [1.29, 1.82) is 0 Å². The summed E-state index contributed by atoms with van der Waals surface area (Å²) in [7, 11) is -3.37. The second-order valence-electron chi connectivity index (χ2n) is 8.07. The molecule has 2 aromatic rings. The zero-order chi connectivity index (χ0) is 20.6. The van der Waals surface area contributed by atoms with E-state index in [9.17, 15) is 12.8 Å². The van der Waals surface area contributed by atoms with Crippen LogP contribution >= 0.6 is 0 Å². The van der Waals surface area contributed by atoms with Gasteiger partial charge in [0.2, 0.25) is 9.84 Å². The van der Waals surface area contributed by atoms with E-state index in [1.54, 1.807) is 24.3 Å². The fraction of sp³-hybridized carbons (Fsp3) is 0.455. The third-order valence-corrected chi connectivity index (χ3v) is 7.20. The van der Waals surface area contributed by atoms with E-state index < -0.39 is 15.7 Å². The van der Waals surface area contributed by atoms with E-state index in [0.717, 1.165) is 25.9 Å². The quantitative estimate of drug-likeness (QED) is 0.730. The number of sulfone groups is 1. The topological polar surface area (TPSA) is 55.8 Å². The zero-order valence-electron chi connectivity index (χ0n) is 16.7. The van der Waals surface area contributed by atoms with Crippen molar-refractivity contribution in [2.24, 2.45) is 5.92 Å². The number of ether oxygens (including phenoxy) is 2. The highest BCUT2D eigenvalue weighted by Crippen LogP contribution is 2.36. The molecular weight excluding hydrogens is 393 g/mol. The summed E-state index contributed by atoms with van der Waals surface area (Å²) in [4.78, 5) is 2.64. The summed E-state index contributed by atoms with van der Waals surface area (Å²) >= 11 is 0. The third-order valence-electron chi connectivity index (χ3n) is 5.77. The average Bonchev–Trinajstić information content (AvgIpc) is 3.01. The van der Waals surface area contributed by atoms with Gasteiger partial charge in [0.25, 0.3) is 0 Å². The number of nitrogens with zero attached hydrogens (tertiary/aromatic N) is 1. The lowest BCUT2D eigenvalue weighted by Gasteiger charge is -2.34. The number of likely N-dealkylation sites (tertiary alicyclic amines) is 1. The molecule has 0 radical (unpaired) electrons. The van der Waals surface area contributed by atoms with Crippen LogP contribution in [-0.4, -0.2) is 45.0 Å². The minimum absolute atomic E-state index is 0.185. The second-order valence-corrected chi connectivity index (χ2v) is 9.97. The van der Waals surface area contributed by atoms with Crippen LogP contribution in [0.3, 0.4) is 0 Å². The molecule has 0 saturated carbocycles. The van der Waals surface area contributed by atoms with Gasteiger partial charge in [-0.1, -0.05) is 12.1 Å². The van der Waals surface area contributed by atoms with Crippen LogP contribution in [0.15, 0.2) is 41.3 Å². The van der Waals surface area contributed by atoms with Crippen LogP contribution in [0.4, 0.5) is 4.39 Å².